The van der Waals surface area contributed by atoms with Crippen molar-refractivity contribution < 1.29 is 14.3 Å². The van der Waals surface area contributed by atoms with E-state index in [-0.39, 0.29) is 23.8 Å². The Hall–Kier alpha value is -1.75. The normalized spacial score (nSPS) is 15.8. The Labute approximate surface area is 129 Å². The molecule has 1 saturated heterocycles. The number of hydrogen-bond acceptors (Lipinski definition) is 3. The van der Waals surface area contributed by atoms with Crippen LogP contribution in [0.4, 0.5) is 0 Å². The number of nitrogens with zero attached hydrogens (tertiary/aromatic N) is 1. The van der Waals surface area contributed by atoms with Crippen LogP contribution in [0.3, 0.4) is 0 Å². The maximum atomic E-state index is 12.1. The molecule has 2 rings (SSSR count). The molecule has 5 nitrogen and oxygen atoms in total. The number of ether oxygens (including phenoxy) is 1. The second-order valence-corrected chi connectivity index (χ2v) is 5.79. The van der Waals surface area contributed by atoms with E-state index in [1.54, 1.807) is 11.0 Å². The summed E-state index contributed by atoms with van der Waals surface area (Å²) < 4.78 is 5.44. The summed E-state index contributed by atoms with van der Waals surface area (Å²) in [7, 11) is 0. The lowest BCUT2D eigenvalue weighted by molar-refractivity contribution is -0.134. The van der Waals surface area contributed by atoms with Gasteiger partial charge < -0.3 is 15.4 Å². The van der Waals surface area contributed by atoms with Gasteiger partial charge in [-0.25, -0.2) is 0 Å². The SMILES string of the molecule is CC1CCN(C(=O)COc2cc(Cl)ccc2C(N)=O)CC1. The quantitative estimate of drug-likeness (QED) is 0.925. The molecule has 1 heterocycles. The Morgan fingerprint density at radius 1 is 1.38 bits per heavy atom. The predicted molar refractivity (Wildman–Crippen MR) is 80.4 cm³/mol. The first-order chi connectivity index (χ1) is 9.97. The predicted octanol–water partition coefficient (Wildman–Crippen LogP) is 2.08. The van der Waals surface area contributed by atoms with Gasteiger partial charge in [-0.3, -0.25) is 9.59 Å². The second-order valence-electron chi connectivity index (χ2n) is 5.36. The number of rotatable bonds is 4. The minimum atomic E-state index is -0.610. The fraction of sp³-hybridized carbons (Fsp3) is 0.467. The van der Waals surface area contributed by atoms with Crippen LogP contribution in [0.1, 0.15) is 30.1 Å². The molecule has 0 spiro atoms. The molecule has 1 aliphatic heterocycles. The molecular formula is C15H19ClN2O3. The summed E-state index contributed by atoms with van der Waals surface area (Å²) in [5.74, 6) is 0.205. The van der Waals surface area contributed by atoms with Gasteiger partial charge in [0.05, 0.1) is 5.56 Å². The molecule has 1 fully saturated rings. The van der Waals surface area contributed by atoms with Crippen molar-refractivity contribution in [3.05, 3.63) is 28.8 Å². The van der Waals surface area contributed by atoms with Gasteiger partial charge in [-0.1, -0.05) is 18.5 Å². The third kappa shape index (κ3) is 4.11. The number of carbonyl (C=O) groups is 2. The molecule has 0 unspecified atom stereocenters. The number of amides is 2. The highest BCUT2D eigenvalue weighted by molar-refractivity contribution is 6.30. The summed E-state index contributed by atoms with van der Waals surface area (Å²) in [6.45, 7) is 3.57. The van der Waals surface area contributed by atoms with E-state index in [2.05, 4.69) is 6.92 Å². The van der Waals surface area contributed by atoms with Crippen LogP contribution in [0.5, 0.6) is 5.75 Å². The second kappa shape index (κ2) is 6.80. The van der Waals surface area contributed by atoms with E-state index >= 15 is 0 Å². The van der Waals surface area contributed by atoms with Crippen LogP contribution in [0, 0.1) is 5.92 Å². The Kier molecular flexibility index (Phi) is 5.07. The molecule has 6 heteroatoms. The van der Waals surface area contributed by atoms with E-state index < -0.39 is 5.91 Å². The van der Waals surface area contributed by atoms with Crippen LogP contribution in [0.25, 0.3) is 0 Å². The lowest BCUT2D eigenvalue weighted by Crippen LogP contribution is -2.40. The van der Waals surface area contributed by atoms with Crippen molar-refractivity contribution in [1.29, 1.82) is 0 Å². The molecule has 1 aromatic rings. The van der Waals surface area contributed by atoms with E-state index in [0.717, 1.165) is 25.9 Å². The van der Waals surface area contributed by atoms with Crippen LogP contribution >= 0.6 is 11.6 Å². The van der Waals surface area contributed by atoms with Crippen molar-refractivity contribution in [2.45, 2.75) is 19.8 Å². The average Bonchev–Trinajstić information content (AvgIpc) is 2.45. The molecule has 1 aromatic carbocycles. The molecule has 114 valence electrons. The van der Waals surface area contributed by atoms with Gasteiger partial charge >= 0.3 is 0 Å². The summed E-state index contributed by atoms with van der Waals surface area (Å²) in [5.41, 5.74) is 5.49. The molecular weight excluding hydrogens is 292 g/mol. The summed E-state index contributed by atoms with van der Waals surface area (Å²) in [6, 6.07) is 4.54. The first kappa shape index (κ1) is 15.6. The molecule has 2 N–H and O–H groups in total. The molecule has 0 aliphatic carbocycles. The molecule has 2 amide bonds. The lowest BCUT2D eigenvalue weighted by Gasteiger charge is -2.30. The van der Waals surface area contributed by atoms with Gasteiger partial charge in [0.1, 0.15) is 5.75 Å². The number of likely N-dealkylation sites (tertiary alicyclic amines) is 1. The van der Waals surface area contributed by atoms with Crippen molar-refractivity contribution in [3.63, 3.8) is 0 Å². The lowest BCUT2D eigenvalue weighted by atomic mass is 9.99. The average molecular weight is 311 g/mol. The number of hydrogen-bond donors (Lipinski definition) is 1. The fourth-order valence-corrected chi connectivity index (χ4v) is 2.47. The number of piperidine rings is 1. The van der Waals surface area contributed by atoms with E-state index in [4.69, 9.17) is 22.1 Å². The van der Waals surface area contributed by atoms with Crippen LogP contribution < -0.4 is 10.5 Å². The van der Waals surface area contributed by atoms with Crippen LogP contribution in [-0.2, 0) is 4.79 Å². The Morgan fingerprint density at radius 2 is 2.05 bits per heavy atom. The van der Waals surface area contributed by atoms with Gasteiger partial charge in [-0.15, -0.1) is 0 Å². The molecule has 21 heavy (non-hydrogen) atoms. The summed E-state index contributed by atoms with van der Waals surface area (Å²) >= 11 is 5.87. The van der Waals surface area contributed by atoms with Gasteiger partial charge in [0.15, 0.2) is 6.61 Å². The summed E-state index contributed by atoms with van der Waals surface area (Å²) in [5, 5.41) is 0.425. The molecule has 0 radical (unpaired) electrons. The van der Waals surface area contributed by atoms with Gasteiger partial charge in [0, 0.05) is 18.1 Å². The number of nitrogens with two attached hydrogens (primary N) is 1. The monoisotopic (exact) mass is 310 g/mol. The maximum absolute atomic E-state index is 12.1. The van der Waals surface area contributed by atoms with Gasteiger partial charge in [-0.2, -0.15) is 0 Å². The molecule has 0 saturated carbocycles. The van der Waals surface area contributed by atoms with Crippen molar-refractivity contribution >= 4 is 23.4 Å². The number of halogens is 1. The Balaban J connectivity index is 1.98. The van der Waals surface area contributed by atoms with Crippen molar-refractivity contribution in [2.75, 3.05) is 19.7 Å². The van der Waals surface area contributed by atoms with E-state index in [0.29, 0.717) is 10.9 Å². The minimum Gasteiger partial charge on any atom is -0.483 e. The molecule has 0 bridgehead atoms. The first-order valence-electron chi connectivity index (χ1n) is 6.97. The summed E-state index contributed by atoms with van der Waals surface area (Å²) in [4.78, 5) is 25.2. The Morgan fingerprint density at radius 3 is 2.67 bits per heavy atom. The van der Waals surface area contributed by atoms with Crippen molar-refractivity contribution in [1.82, 2.24) is 4.90 Å². The van der Waals surface area contributed by atoms with E-state index in [1.807, 2.05) is 0 Å². The smallest absolute Gasteiger partial charge is 0.260 e. The van der Waals surface area contributed by atoms with Crippen LogP contribution in [0.2, 0.25) is 5.02 Å². The highest BCUT2D eigenvalue weighted by Crippen LogP contribution is 2.23. The first-order valence-corrected chi connectivity index (χ1v) is 7.35. The number of primary amides is 1. The largest absolute Gasteiger partial charge is 0.483 e. The zero-order valence-corrected chi connectivity index (χ0v) is 12.7. The van der Waals surface area contributed by atoms with E-state index in [1.165, 1.54) is 12.1 Å². The molecule has 0 aromatic heterocycles. The third-order valence-corrected chi connectivity index (χ3v) is 3.93. The minimum absolute atomic E-state index is 0.0858. The van der Waals surface area contributed by atoms with E-state index in [9.17, 15) is 9.59 Å². The highest BCUT2D eigenvalue weighted by atomic mass is 35.5. The highest BCUT2D eigenvalue weighted by Gasteiger charge is 2.21. The number of carbonyl (C=O) groups excluding carboxylic acids is 2. The molecule has 1 aliphatic rings. The van der Waals surface area contributed by atoms with Crippen molar-refractivity contribution in [3.8, 4) is 5.75 Å². The van der Waals surface area contributed by atoms with Crippen LogP contribution in [-0.4, -0.2) is 36.4 Å². The van der Waals surface area contributed by atoms with Crippen molar-refractivity contribution in [2.24, 2.45) is 11.7 Å². The third-order valence-electron chi connectivity index (χ3n) is 3.70. The number of benzene rings is 1. The van der Waals surface area contributed by atoms with Gasteiger partial charge in [-0.05, 0) is 37.0 Å². The van der Waals surface area contributed by atoms with Gasteiger partial charge in [0.2, 0.25) is 0 Å². The zero-order chi connectivity index (χ0) is 15.4. The summed E-state index contributed by atoms with van der Waals surface area (Å²) in [6.07, 6.45) is 2.02. The topological polar surface area (TPSA) is 72.6 Å². The maximum Gasteiger partial charge on any atom is 0.260 e. The van der Waals surface area contributed by atoms with Crippen LogP contribution in [0.15, 0.2) is 18.2 Å². The standard InChI is InChI=1S/C15H19ClN2O3/c1-10-4-6-18(7-5-10)14(19)9-21-13-8-11(16)2-3-12(13)15(17)20/h2-3,8,10H,4-7,9H2,1H3,(H2,17,20). The zero-order valence-electron chi connectivity index (χ0n) is 12.0. The fourth-order valence-electron chi connectivity index (χ4n) is 2.31. The Bertz CT molecular complexity index is 540. The van der Waals surface area contributed by atoms with Gasteiger partial charge in [0.25, 0.3) is 11.8 Å². The molecule has 0 atom stereocenters.